The first kappa shape index (κ1) is 24.0. The summed E-state index contributed by atoms with van der Waals surface area (Å²) in [6, 6.07) is 0. The first-order chi connectivity index (χ1) is 14.6. The first-order valence-corrected chi connectivity index (χ1v) is 13.1. The van der Waals surface area contributed by atoms with Gasteiger partial charge in [-0.1, -0.05) is 50.5 Å². The first-order valence-electron chi connectivity index (χ1n) is 13.1. The largest absolute Gasteiger partial charge is 0.392 e. The van der Waals surface area contributed by atoms with Crippen LogP contribution in [0.3, 0.4) is 0 Å². The lowest BCUT2D eigenvalue weighted by molar-refractivity contribution is 0.135. The molecule has 3 aliphatic rings. The normalized spacial score (nSPS) is 32.1. The molecule has 0 aromatic heterocycles. The summed E-state index contributed by atoms with van der Waals surface area (Å²) in [5.41, 5.74) is 1.63. The number of fused-ring (bicyclic) bond motifs is 1. The fourth-order valence-corrected chi connectivity index (χ4v) is 6.39. The molecular formula is C27H47NO2. The molecular weight excluding hydrogens is 370 g/mol. The molecule has 0 spiro atoms. The predicted molar refractivity (Wildman–Crippen MR) is 126 cm³/mol. The van der Waals surface area contributed by atoms with E-state index in [4.69, 9.17) is 0 Å². The third-order valence-electron chi connectivity index (χ3n) is 7.97. The molecule has 0 radical (unpaired) electrons. The SMILES string of the molecule is CCCN(CCC)CCCC/C=C1\C[C@H]2C[C@@H](O)[C@H](/C=C/[C@@H](O)C3CCCC3)[C@H]2C1. The lowest BCUT2D eigenvalue weighted by Gasteiger charge is -2.20. The van der Waals surface area contributed by atoms with E-state index in [9.17, 15) is 10.2 Å². The third kappa shape index (κ3) is 6.68. The van der Waals surface area contributed by atoms with Crippen molar-refractivity contribution in [2.45, 2.75) is 103 Å². The molecule has 172 valence electrons. The summed E-state index contributed by atoms with van der Waals surface area (Å²) in [6.07, 6.45) is 20.6. The number of nitrogens with zero attached hydrogens (tertiary/aromatic N) is 1. The number of hydrogen-bond donors (Lipinski definition) is 2. The van der Waals surface area contributed by atoms with Crippen molar-refractivity contribution in [3.63, 3.8) is 0 Å². The van der Waals surface area contributed by atoms with E-state index in [1.165, 1.54) is 71.0 Å². The second-order valence-corrected chi connectivity index (χ2v) is 10.3. The standard InChI is InChI=1S/C27H47NO2/c1-3-15-28(16-4-2)17-9-5-6-10-21-18-23-20-27(30)24(25(23)19-21)13-14-26(29)22-11-7-8-12-22/h10,13-14,22-27,29-30H,3-9,11-12,15-20H2,1-2H3/b14-13+,21-10+/t23-,24+,25-,26+,27+/m0/s1. The Bertz CT molecular complexity index is 545. The Morgan fingerprint density at radius 2 is 1.77 bits per heavy atom. The average molecular weight is 418 g/mol. The molecule has 0 unspecified atom stereocenters. The Morgan fingerprint density at radius 1 is 1.03 bits per heavy atom. The van der Waals surface area contributed by atoms with Gasteiger partial charge in [0.2, 0.25) is 0 Å². The molecule has 3 rings (SSSR count). The van der Waals surface area contributed by atoms with Crippen LogP contribution >= 0.6 is 0 Å². The number of unbranched alkanes of at least 4 members (excludes halogenated alkanes) is 2. The maximum absolute atomic E-state index is 10.6. The van der Waals surface area contributed by atoms with Crippen LogP contribution in [0.2, 0.25) is 0 Å². The van der Waals surface area contributed by atoms with Gasteiger partial charge in [-0.2, -0.15) is 0 Å². The van der Waals surface area contributed by atoms with E-state index in [0.717, 1.165) is 25.7 Å². The molecule has 3 aliphatic carbocycles. The van der Waals surface area contributed by atoms with E-state index in [2.05, 4.69) is 30.9 Å². The minimum atomic E-state index is -0.310. The Labute approximate surface area is 185 Å². The summed E-state index contributed by atoms with van der Waals surface area (Å²) in [7, 11) is 0. The van der Waals surface area contributed by atoms with E-state index in [0.29, 0.717) is 17.8 Å². The highest BCUT2D eigenvalue weighted by molar-refractivity contribution is 5.18. The van der Waals surface area contributed by atoms with Gasteiger partial charge in [-0.05, 0) is 102 Å². The van der Waals surface area contributed by atoms with Crippen LogP contribution in [0.5, 0.6) is 0 Å². The second-order valence-electron chi connectivity index (χ2n) is 10.3. The highest BCUT2D eigenvalue weighted by atomic mass is 16.3. The molecule has 2 N–H and O–H groups in total. The summed E-state index contributed by atoms with van der Waals surface area (Å²) in [5.74, 6) is 1.92. The molecule has 5 atom stereocenters. The number of rotatable bonds is 12. The van der Waals surface area contributed by atoms with Crippen LogP contribution in [0.1, 0.15) is 90.9 Å². The van der Waals surface area contributed by atoms with Crippen molar-refractivity contribution >= 4 is 0 Å². The predicted octanol–water partition coefficient (Wildman–Crippen LogP) is 5.72. The van der Waals surface area contributed by atoms with Gasteiger partial charge in [-0.25, -0.2) is 0 Å². The van der Waals surface area contributed by atoms with E-state index in [1.807, 2.05) is 6.08 Å². The molecule has 0 saturated heterocycles. The van der Waals surface area contributed by atoms with Crippen molar-refractivity contribution in [3.05, 3.63) is 23.8 Å². The van der Waals surface area contributed by atoms with Crippen LogP contribution in [0.4, 0.5) is 0 Å². The molecule has 3 saturated carbocycles. The summed E-state index contributed by atoms with van der Waals surface area (Å²) in [6.45, 7) is 8.28. The summed E-state index contributed by atoms with van der Waals surface area (Å²) in [4.78, 5) is 2.62. The molecule has 0 aliphatic heterocycles. The van der Waals surface area contributed by atoms with Crippen molar-refractivity contribution in [1.29, 1.82) is 0 Å². The van der Waals surface area contributed by atoms with Gasteiger partial charge in [0.25, 0.3) is 0 Å². The highest BCUT2D eigenvalue weighted by Crippen LogP contribution is 2.50. The summed E-state index contributed by atoms with van der Waals surface area (Å²) < 4.78 is 0. The third-order valence-corrected chi connectivity index (χ3v) is 7.97. The van der Waals surface area contributed by atoms with Crippen LogP contribution in [-0.2, 0) is 0 Å². The van der Waals surface area contributed by atoms with Gasteiger partial charge in [0, 0.05) is 5.92 Å². The van der Waals surface area contributed by atoms with Gasteiger partial charge < -0.3 is 15.1 Å². The fraction of sp³-hybridized carbons (Fsp3) is 0.852. The van der Waals surface area contributed by atoms with Crippen LogP contribution in [-0.4, -0.2) is 47.0 Å². The van der Waals surface area contributed by atoms with Gasteiger partial charge in [-0.15, -0.1) is 0 Å². The zero-order valence-corrected chi connectivity index (χ0v) is 19.6. The van der Waals surface area contributed by atoms with Crippen molar-refractivity contribution in [2.75, 3.05) is 19.6 Å². The molecule has 0 amide bonds. The summed E-state index contributed by atoms with van der Waals surface area (Å²) in [5, 5.41) is 21.1. The minimum absolute atomic E-state index is 0.211. The van der Waals surface area contributed by atoms with E-state index in [-0.39, 0.29) is 18.1 Å². The molecule has 0 bridgehead atoms. The fourth-order valence-electron chi connectivity index (χ4n) is 6.39. The Kier molecular flexibility index (Phi) is 9.93. The van der Waals surface area contributed by atoms with Crippen molar-refractivity contribution < 1.29 is 10.2 Å². The van der Waals surface area contributed by atoms with E-state index in [1.54, 1.807) is 5.57 Å². The van der Waals surface area contributed by atoms with Crippen LogP contribution in [0, 0.1) is 23.7 Å². The van der Waals surface area contributed by atoms with Crippen LogP contribution < -0.4 is 0 Å². The molecule has 30 heavy (non-hydrogen) atoms. The minimum Gasteiger partial charge on any atom is -0.392 e. The molecule has 3 heteroatoms. The maximum Gasteiger partial charge on any atom is 0.0749 e. The Morgan fingerprint density at radius 3 is 2.47 bits per heavy atom. The van der Waals surface area contributed by atoms with Gasteiger partial charge in [0.05, 0.1) is 12.2 Å². The van der Waals surface area contributed by atoms with E-state index < -0.39 is 0 Å². The van der Waals surface area contributed by atoms with Gasteiger partial charge in [0.15, 0.2) is 0 Å². The zero-order chi connectivity index (χ0) is 21.3. The van der Waals surface area contributed by atoms with Crippen molar-refractivity contribution in [3.8, 4) is 0 Å². The number of hydrogen-bond acceptors (Lipinski definition) is 3. The summed E-state index contributed by atoms with van der Waals surface area (Å²) >= 11 is 0. The highest BCUT2D eigenvalue weighted by Gasteiger charge is 2.45. The Hall–Kier alpha value is -0.640. The monoisotopic (exact) mass is 417 g/mol. The molecule has 0 heterocycles. The smallest absolute Gasteiger partial charge is 0.0749 e. The van der Waals surface area contributed by atoms with Crippen LogP contribution in [0.25, 0.3) is 0 Å². The van der Waals surface area contributed by atoms with Crippen molar-refractivity contribution in [2.24, 2.45) is 23.7 Å². The maximum atomic E-state index is 10.6. The zero-order valence-electron chi connectivity index (χ0n) is 19.6. The van der Waals surface area contributed by atoms with Gasteiger partial charge >= 0.3 is 0 Å². The Balaban J connectivity index is 1.42. The quantitative estimate of drug-likeness (QED) is 0.315. The lowest BCUT2D eigenvalue weighted by Crippen LogP contribution is -2.26. The number of aliphatic hydroxyl groups is 2. The lowest BCUT2D eigenvalue weighted by atomic mass is 9.89. The molecule has 3 fully saturated rings. The van der Waals surface area contributed by atoms with Gasteiger partial charge in [0.1, 0.15) is 0 Å². The number of aliphatic hydroxyl groups excluding tert-OH is 2. The molecule has 0 aromatic rings. The topological polar surface area (TPSA) is 43.7 Å². The molecule has 0 aromatic carbocycles. The van der Waals surface area contributed by atoms with E-state index >= 15 is 0 Å². The number of allylic oxidation sites excluding steroid dienone is 2. The van der Waals surface area contributed by atoms with Crippen molar-refractivity contribution in [1.82, 2.24) is 4.90 Å². The van der Waals surface area contributed by atoms with Crippen LogP contribution in [0.15, 0.2) is 23.8 Å². The average Bonchev–Trinajstić information content (AvgIpc) is 3.43. The molecule has 3 nitrogen and oxygen atoms in total. The van der Waals surface area contributed by atoms with Gasteiger partial charge in [-0.3, -0.25) is 0 Å². The second kappa shape index (κ2) is 12.4.